The van der Waals surface area contributed by atoms with E-state index in [1.54, 1.807) is 0 Å². The summed E-state index contributed by atoms with van der Waals surface area (Å²) in [6, 6.07) is 7.97. The number of benzene rings is 1. The molecule has 0 unspecified atom stereocenters. The highest BCUT2D eigenvalue weighted by molar-refractivity contribution is 5.81. The lowest BCUT2D eigenvalue weighted by Gasteiger charge is -2.32. The maximum atomic E-state index is 12.4. The maximum Gasteiger partial charge on any atom is 0.242 e. The molecule has 1 saturated heterocycles. The molecule has 1 aromatic heterocycles. The first-order valence-electron chi connectivity index (χ1n) is 7.03. The SMILES string of the molecule is Cc1nc2ccccc2n1CC(=O)N1CCN(C)CC1. The van der Waals surface area contributed by atoms with Crippen molar-refractivity contribution in [3.8, 4) is 0 Å². The number of hydrogen-bond donors (Lipinski definition) is 0. The van der Waals surface area contributed by atoms with Crippen LogP contribution in [0, 0.1) is 6.92 Å². The van der Waals surface area contributed by atoms with E-state index in [1.165, 1.54) is 0 Å². The zero-order valence-corrected chi connectivity index (χ0v) is 12.0. The molecule has 5 heteroatoms. The highest BCUT2D eigenvalue weighted by Crippen LogP contribution is 2.15. The van der Waals surface area contributed by atoms with E-state index < -0.39 is 0 Å². The van der Waals surface area contributed by atoms with Gasteiger partial charge in [0.05, 0.1) is 11.0 Å². The Hall–Kier alpha value is -1.88. The van der Waals surface area contributed by atoms with Crippen LogP contribution >= 0.6 is 0 Å². The van der Waals surface area contributed by atoms with E-state index in [1.807, 2.05) is 40.7 Å². The minimum absolute atomic E-state index is 0.185. The highest BCUT2D eigenvalue weighted by atomic mass is 16.2. The average Bonchev–Trinajstić information content (AvgIpc) is 2.76. The standard InChI is InChI=1S/C15H20N4O/c1-12-16-13-5-3-4-6-14(13)19(12)11-15(20)18-9-7-17(2)8-10-18/h3-6H,7-11H2,1-2H3. The minimum atomic E-state index is 0.185. The molecule has 1 aromatic carbocycles. The fraction of sp³-hybridized carbons (Fsp3) is 0.467. The molecule has 0 N–H and O–H groups in total. The molecule has 0 aliphatic carbocycles. The number of aromatic nitrogens is 2. The highest BCUT2D eigenvalue weighted by Gasteiger charge is 2.20. The second-order valence-electron chi connectivity index (χ2n) is 5.42. The Balaban J connectivity index is 1.79. The van der Waals surface area contributed by atoms with E-state index in [2.05, 4.69) is 16.9 Å². The van der Waals surface area contributed by atoms with Gasteiger partial charge in [0.25, 0.3) is 0 Å². The van der Waals surface area contributed by atoms with Gasteiger partial charge in [-0.05, 0) is 26.1 Å². The van der Waals surface area contributed by atoms with Crippen LogP contribution in [0.4, 0.5) is 0 Å². The molecule has 106 valence electrons. The van der Waals surface area contributed by atoms with Gasteiger partial charge in [0, 0.05) is 26.2 Å². The molecule has 2 aromatic rings. The summed E-state index contributed by atoms with van der Waals surface area (Å²) in [5.41, 5.74) is 1.99. The first-order valence-corrected chi connectivity index (χ1v) is 7.03. The van der Waals surface area contributed by atoms with Gasteiger partial charge in [-0.15, -0.1) is 0 Å². The van der Waals surface area contributed by atoms with Gasteiger partial charge in [-0.25, -0.2) is 4.98 Å². The van der Waals surface area contributed by atoms with Crippen LogP contribution in [0.2, 0.25) is 0 Å². The lowest BCUT2D eigenvalue weighted by molar-refractivity contribution is -0.133. The largest absolute Gasteiger partial charge is 0.339 e. The van der Waals surface area contributed by atoms with Crippen LogP contribution in [-0.4, -0.2) is 58.5 Å². The lowest BCUT2D eigenvalue weighted by Crippen LogP contribution is -2.48. The molecule has 0 saturated carbocycles. The minimum Gasteiger partial charge on any atom is -0.339 e. The normalized spacial score (nSPS) is 16.8. The molecule has 0 atom stereocenters. The first kappa shape index (κ1) is 13.1. The van der Waals surface area contributed by atoms with Crippen molar-refractivity contribution in [1.82, 2.24) is 19.4 Å². The Morgan fingerprint density at radius 2 is 1.90 bits per heavy atom. The molecule has 1 amide bonds. The molecule has 0 bridgehead atoms. The van der Waals surface area contributed by atoms with Crippen LogP contribution in [0.5, 0.6) is 0 Å². The number of imidazole rings is 1. The summed E-state index contributed by atoms with van der Waals surface area (Å²) in [7, 11) is 2.09. The van der Waals surface area contributed by atoms with E-state index in [0.29, 0.717) is 6.54 Å². The second-order valence-corrected chi connectivity index (χ2v) is 5.42. The Labute approximate surface area is 118 Å². The van der Waals surface area contributed by atoms with Crippen molar-refractivity contribution in [2.75, 3.05) is 33.2 Å². The van der Waals surface area contributed by atoms with Gasteiger partial charge in [-0.2, -0.15) is 0 Å². The number of para-hydroxylation sites is 2. The number of amides is 1. The van der Waals surface area contributed by atoms with Crippen molar-refractivity contribution in [2.24, 2.45) is 0 Å². The van der Waals surface area contributed by atoms with E-state index in [9.17, 15) is 4.79 Å². The van der Waals surface area contributed by atoms with Crippen molar-refractivity contribution in [3.63, 3.8) is 0 Å². The number of likely N-dealkylation sites (N-methyl/N-ethyl adjacent to an activating group) is 1. The number of piperazine rings is 1. The third kappa shape index (κ3) is 2.41. The maximum absolute atomic E-state index is 12.4. The Morgan fingerprint density at radius 1 is 1.20 bits per heavy atom. The van der Waals surface area contributed by atoms with Crippen LogP contribution in [0.3, 0.4) is 0 Å². The van der Waals surface area contributed by atoms with Crippen molar-refractivity contribution in [3.05, 3.63) is 30.1 Å². The summed E-state index contributed by atoms with van der Waals surface area (Å²) in [6.07, 6.45) is 0. The third-order valence-electron chi connectivity index (χ3n) is 3.99. The number of hydrogen-bond acceptors (Lipinski definition) is 3. The smallest absolute Gasteiger partial charge is 0.242 e. The van der Waals surface area contributed by atoms with Crippen LogP contribution in [0.25, 0.3) is 11.0 Å². The molecule has 5 nitrogen and oxygen atoms in total. The summed E-state index contributed by atoms with van der Waals surface area (Å²) >= 11 is 0. The molecule has 0 spiro atoms. The zero-order chi connectivity index (χ0) is 14.1. The van der Waals surface area contributed by atoms with Crippen molar-refractivity contribution in [2.45, 2.75) is 13.5 Å². The van der Waals surface area contributed by atoms with Gasteiger partial charge in [0.2, 0.25) is 5.91 Å². The third-order valence-corrected chi connectivity index (χ3v) is 3.99. The molecule has 1 aliphatic rings. The second kappa shape index (κ2) is 5.25. The molecular formula is C15H20N4O. The van der Waals surface area contributed by atoms with Gasteiger partial charge in [-0.1, -0.05) is 12.1 Å². The van der Waals surface area contributed by atoms with E-state index in [-0.39, 0.29) is 5.91 Å². The Morgan fingerprint density at radius 3 is 2.65 bits per heavy atom. The Bertz CT molecular complexity index is 626. The van der Waals surface area contributed by atoms with Gasteiger partial charge in [0.1, 0.15) is 12.4 Å². The van der Waals surface area contributed by atoms with Crippen molar-refractivity contribution < 1.29 is 4.79 Å². The molecule has 1 fully saturated rings. The van der Waals surface area contributed by atoms with Crippen LogP contribution in [0.1, 0.15) is 5.82 Å². The van der Waals surface area contributed by atoms with Gasteiger partial charge < -0.3 is 14.4 Å². The molecule has 20 heavy (non-hydrogen) atoms. The number of rotatable bonds is 2. The predicted molar refractivity (Wildman–Crippen MR) is 78.5 cm³/mol. The molecule has 2 heterocycles. The fourth-order valence-electron chi connectivity index (χ4n) is 2.69. The van der Waals surface area contributed by atoms with Gasteiger partial charge >= 0.3 is 0 Å². The first-order chi connectivity index (χ1) is 9.65. The summed E-state index contributed by atoms with van der Waals surface area (Å²) in [4.78, 5) is 21.1. The van der Waals surface area contributed by atoms with Crippen LogP contribution in [0.15, 0.2) is 24.3 Å². The monoisotopic (exact) mass is 272 g/mol. The summed E-state index contributed by atoms with van der Waals surface area (Å²) in [5, 5.41) is 0. The fourth-order valence-corrected chi connectivity index (χ4v) is 2.69. The molecule has 3 rings (SSSR count). The predicted octanol–water partition coefficient (Wildman–Crippen LogP) is 1.12. The number of carbonyl (C=O) groups excluding carboxylic acids is 1. The van der Waals surface area contributed by atoms with E-state index in [0.717, 1.165) is 43.0 Å². The number of nitrogens with zero attached hydrogens (tertiary/aromatic N) is 4. The molecule has 0 radical (unpaired) electrons. The topological polar surface area (TPSA) is 41.4 Å². The van der Waals surface area contributed by atoms with Gasteiger partial charge in [-0.3, -0.25) is 4.79 Å². The summed E-state index contributed by atoms with van der Waals surface area (Å²) < 4.78 is 2.01. The van der Waals surface area contributed by atoms with Crippen LogP contribution in [-0.2, 0) is 11.3 Å². The average molecular weight is 272 g/mol. The van der Waals surface area contributed by atoms with Crippen molar-refractivity contribution in [1.29, 1.82) is 0 Å². The van der Waals surface area contributed by atoms with Gasteiger partial charge in [0.15, 0.2) is 0 Å². The van der Waals surface area contributed by atoms with Crippen LogP contribution < -0.4 is 0 Å². The number of carbonyl (C=O) groups is 1. The number of fused-ring (bicyclic) bond motifs is 1. The van der Waals surface area contributed by atoms with Crippen molar-refractivity contribution >= 4 is 16.9 Å². The number of aryl methyl sites for hydroxylation is 1. The zero-order valence-electron chi connectivity index (χ0n) is 12.0. The molecular weight excluding hydrogens is 252 g/mol. The summed E-state index contributed by atoms with van der Waals surface area (Å²) in [5.74, 6) is 1.08. The molecule has 1 aliphatic heterocycles. The lowest BCUT2D eigenvalue weighted by atomic mass is 10.3. The quantitative estimate of drug-likeness (QED) is 0.822. The summed E-state index contributed by atoms with van der Waals surface area (Å²) in [6.45, 7) is 5.89. The van der Waals surface area contributed by atoms with E-state index >= 15 is 0 Å². The Kier molecular flexibility index (Phi) is 3.44. The van der Waals surface area contributed by atoms with E-state index in [4.69, 9.17) is 0 Å².